The average molecular weight is 283 g/mol. The van der Waals surface area contributed by atoms with Gasteiger partial charge in [-0.1, -0.05) is 0 Å². The van der Waals surface area contributed by atoms with E-state index < -0.39 is 0 Å². The Bertz CT molecular complexity index is 793. The lowest BCUT2D eigenvalue weighted by Crippen LogP contribution is -2.18. The normalized spacial score (nSPS) is 10.7. The molecule has 1 heterocycles. The SMILES string of the molecule is Nc1ccc(NC(=O)Cn2ccc3ccc(F)cc32)cc1. The van der Waals surface area contributed by atoms with Crippen molar-refractivity contribution in [2.24, 2.45) is 0 Å². The van der Waals surface area contributed by atoms with Crippen LogP contribution in [0, 0.1) is 5.82 Å². The molecule has 0 spiro atoms. The Morgan fingerprint density at radius 1 is 1.14 bits per heavy atom. The molecule has 0 saturated carbocycles. The lowest BCUT2D eigenvalue weighted by atomic mass is 10.2. The first kappa shape index (κ1) is 13.2. The van der Waals surface area contributed by atoms with Gasteiger partial charge in [0.05, 0.1) is 5.52 Å². The first-order valence-corrected chi connectivity index (χ1v) is 6.51. The maximum Gasteiger partial charge on any atom is 0.244 e. The Balaban J connectivity index is 1.77. The van der Waals surface area contributed by atoms with E-state index in [0.717, 1.165) is 5.39 Å². The molecular weight excluding hydrogens is 269 g/mol. The highest BCUT2D eigenvalue weighted by molar-refractivity contribution is 5.92. The minimum atomic E-state index is -0.318. The van der Waals surface area contributed by atoms with Gasteiger partial charge in [0.15, 0.2) is 0 Å². The lowest BCUT2D eigenvalue weighted by Gasteiger charge is -2.08. The van der Waals surface area contributed by atoms with Crippen molar-refractivity contribution in [3.8, 4) is 0 Å². The van der Waals surface area contributed by atoms with Crippen LogP contribution in [0.5, 0.6) is 0 Å². The molecule has 1 aromatic heterocycles. The summed E-state index contributed by atoms with van der Waals surface area (Å²) in [5.41, 5.74) is 7.60. The van der Waals surface area contributed by atoms with Crippen LogP contribution < -0.4 is 11.1 Å². The maximum absolute atomic E-state index is 13.3. The van der Waals surface area contributed by atoms with Gasteiger partial charge in [0, 0.05) is 17.6 Å². The van der Waals surface area contributed by atoms with Gasteiger partial charge in [0.2, 0.25) is 5.91 Å². The molecule has 0 aliphatic heterocycles. The fourth-order valence-electron chi connectivity index (χ4n) is 2.22. The van der Waals surface area contributed by atoms with Crippen molar-refractivity contribution in [1.82, 2.24) is 4.57 Å². The topological polar surface area (TPSA) is 60.0 Å². The van der Waals surface area contributed by atoms with Crippen LogP contribution in [0.15, 0.2) is 54.7 Å². The summed E-state index contributed by atoms with van der Waals surface area (Å²) in [5, 5.41) is 3.68. The van der Waals surface area contributed by atoms with E-state index in [1.807, 2.05) is 6.07 Å². The van der Waals surface area contributed by atoms with Crippen LogP contribution in [0.1, 0.15) is 0 Å². The molecule has 3 N–H and O–H groups in total. The predicted octanol–water partition coefficient (Wildman–Crippen LogP) is 3.00. The van der Waals surface area contributed by atoms with Crippen molar-refractivity contribution in [3.63, 3.8) is 0 Å². The summed E-state index contributed by atoms with van der Waals surface area (Å²) in [6, 6.07) is 13.3. The van der Waals surface area contributed by atoms with Gasteiger partial charge in [-0.3, -0.25) is 4.79 Å². The summed E-state index contributed by atoms with van der Waals surface area (Å²) in [6.45, 7) is 0.122. The number of amides is 1. The van der Waals surface area contributed by atoms with Crippen LogP contribution in [0.25, 0.3) is 10.9 Å². The molecule has 3 aromatic rings. The Kier molecular flexibility index (Phi) is 3.31. The number of nitrogens with zero attached hydrogens (tertiary/aromatic N) is 1. The molecule has 21 heavy (non-hydrogen) atoms. The van der Waals surface area contributed by atoms with Gasteiger partial charge >= 0.3 is 0 Å². The monoisotopic (exact) mass is 283 g/mol. The number of carbonyl (C=O) groups excluding carboxylic acids is 1. The van der Waals surface area contributed by atoms with Crippen molar-refractivity contribution >= 4 is 28.2 Å². The van der Waals surface area contributed by atoms with E-state index in [0.29, 0.717) is 16.9 Å². The van der Waals surface area contributed by atoms with Crippen LogP contribution in [0.4, 0.5) is 15.8 Å². The Morgan fingerprint density at radius 3 is 2.67 bits per heavy atom. The molecular formula is C16H14FN3O. The van der Waals surface area contributed by atoms with Crippen molar-refractivity contribution < 1.29 is 9.18 Å². The third-order valence-corrected chi connectivity index (χ3v) is 3.24. The zero-order chi connectivity index (χ0) is 14.8. The number of carbonyl (C=O) groups is 1. The number of hydrogen-bond donors (Lipinski definition) is 2. The number of nitrogen functional groups attached to an aromatic ring is 1. The number of fused-ring (bicyclic) bond motifs is 1. The lowest BCUT2D eigenvalue weighted by molar-refractivity contribution is -0.116. The van der Waals surface area contributed by atoms with Gasteiger partial charge < -0.3 is 15.6 Å². The molecule has 5 heteroatoms. The smallest absolute Gasteiger partial charge is 0.244 e. The van der Waals surface area contributed by atoms with Gasteiger partial charge in [-0.15, -0.1) is 0 Å². The largest absolute Gasteiger partial charge is 0.399 e. The number of halogens is 1. The molecule has 4 nitrogen and oxygen atoms in total. The van der Waals surface area contributed by atoms with Crippen LogP contribution >= 0.6 is 0 Å². The van der Waals surface area contributed by atoms with Crippen LogP contribution in [-0.4, -0.2) is 10.5 Å². The molecule has 0 fully saturated rings. The van der Waals surface area contributed by atoms with E-state index in [9.17, 15) is 9.18 Å². The van der Waals surface area contributed by atoms with Gasteiger partial charge in [-0.2, -0.15) is 0 Å². The van der Waals surface area contributed by atoms with Crippen LogP contribution in [0.3, 0.4) is 0 Å². The average Bonchev–Trinajstić information content (AvgIpc) is 2.84. The predicted molar refractivity (Wildman–Crippen MR) is 81.4 cm³/mol. The molecule has 0 aliphatic rings. The number of hydrogen-bond acceptors (Lipinski definition) is 2. The molecule has 1 amide bonds. The second kappa shape index (κ2) is 5.28. The van der Waals surface area contributed by atoms with Crippen molar-refractivity contribution in [1.29, 1.82) is 0 Å². The molecule has 0 radical (unpaired) electrons. The van der Waals surface area contributed by atoms with E-state index in [4.69, 9.17) is 5.73 Å². The van der Waals surface area contributed by atoms with Crippen molar-refractivity contribution in [3.05, 3.63) is 60.5 Å². The first-order valence-electron chi connectivity index (χ1n) is 6.51. The van der Waals surface area contributed by atoms with Gasteiger partial charge in [0.25, 0.3) is 0 Å². The summed E-state index contributed by atoms with van der Waals surface area (Å²) < 4.78 is 15.0. The van der Waals surface area contributed by atoms with E-state index in [1.54, 1.807) is 41.1 Å². The minimum absolute atomic E-state index is 0.122. The van der Waals surface area contributed by atoms with Crippen molar-refractivity contribution in [2.75, 3.05) is 11.1 Å². The highest BCUT2D eigenvalue weighted by Crippen LogP contribution is 2.17. The molecule has 0 bridgehead atoms. The third kappa shape index (κ3) is 2.86. The fourth-order valence-corrected chi connectivity index (χ4v) is 2.22. The van der Waals surface area contributed by atoms with Crippen LogP contribution in [-0.2, 0) is 11.3 Å². The maximum atomic E-state index is 13.3. The zero-order valence-electron chi connectivity index (χ0n) is 11.2. The highest BCUT2D eigenvalue weighted by Gasteiger charge is 2.07. The molecule has 0 saturated heterocycles. The second-order valence-corrected chi connectivity index (χ2v) is 4.82. The van der Waals surface area contributed by atoms with Gasteiger partial charge in [-0.25, -0.2) is 4.39 Å². The molecule has 2 aromatic carbocycles. The summed E-state index contributed by atoms with van der Waals surface area (Å²) in [6.07, 6.45) is 1.77. The Hall–Kier alpha value is -2.82. The number of rotatable bonds is 3. The first-order chi connectivity index (χ1) is 10.1. The van der Waals surface area contributed by atoms with E-state index in [-0.39, 0.29) is 18.3 Å². The Morgan fingerprint density at radius 2 is 1.90 bits per heavy atom. The van der Waals surface area contributed by atoms with Gasteiger partial charge in [-0.05, 0) is 53.9 Å². The summed E-state index contributed by atoms with van der Waals surface area (Å²) in [7, 11) is 0. The van der Waals surface area contributed by atoms with E-state index in [1.165, 1.54) is 12.1 Å². The van der Waals surface area contributed by atoms with E-state index in [2.05, 4.69) is 5.32 Å². The minimum Gasteiger partial charge on any atom is -0.399 e. The fraction of sp³-hybridized carbons (Fsp3) is 0.0625. The zero-order valence-corrected chi connectivity index (χ0v) is 11.2. The summed E-state index contributed by atoms with van der Waals surface area (Å²) in [5.74, 6) is -0.497. The molecule has 0 unspecified atom stereocenters. The summed E-state index contributed by atoms with van der Waals surface area (Å²) >= 11 is 0. The standard InChI is InChI=1S/C16H14FN3O/c17-12-2-1-11-7-8-20(15(11)9-12)10-16(21)19-14-5-3-13(18)4-6-14/h1-9H,10,18H2,(H,19,21). The number of benzene rings is 2. The quantitative estimate of drug-likeness (QED) is 0.726. The van der Waals surface area contributed by atoms with E-state index >= 15 is 0 Å². The van der Waals surface area contributed by atoms with Gasteiger partial charge in [0.1, 0.15) is 12.4 Å². The molecule has 106 valence electrons. The van der Waals surface area contributed by atoms with Crippen molar-refractivity contribution in [2.45, 2.75) is 6.54 Å². The Labute approximate surface area is 121 Å². The number of anilines is 2. The second-order valence-electron chi connectivity index (χ2n) is 4.82. The molecule has 0 atom stereocenters. The number of nitrogens with two attached hydrogens (primary N) is 1. The number of nitrogens with one attached hydrogen (secondary N) is 1. The summed E-state index contributed by atoms with van der Waals surface area (Å²) in [4.78, 5) is 12.0. The third-order valence-electron chi connectivity index (χ3n) is 3.24. The van der Waals surface area contributed by atoms with Crippen LogP contribution in [0.2, 0.25) is 0 Å². The highest BCUT2D eigenvalue weighted by atomic mass is 19.1. The molecule has 0 aliphatic carbocycles. The molecule has 3 rings (SSSR count). The number of aromatic nitrogens is 1.